The van der Waals surface area contributed by atoms with Crippen molar-refractivity contribution in [1.82, 2.24) is 5.32 Å². The highest BCUT2D eigenvalue weighted by atomic mass is 16.4. The normalized spacial score (nSPS) is 26.1. The van der Waals surface area contributed by atoms with E-state index in [1.807, 2.05) is 6.92 Å². The zero-order valence-electron chi connectivity index (χ0n) is 11.0. The van der Waals surface area contributed by atoms with Crippen molar-refractivity contribution in [2.75, 3.05) is 0 Å². The van der Waals surface area contributed by atoms with E-state index >= 15 is 0 Å². The van der Waals surface area contributed by atoms with Crippen molar-refractivity contribution < 1.29 is 14.7 Å². The van der Waals surface area contributed by atoms with Crippen molar-refractivity contribution in [2.45, 2.75) is 64.0 Å². The van der Waals surface area contributed by atoms with Crippen LogP contribution in [-0.4, -0.2) is 29.1 Å². The van der Waals surface area contributed by atoms with Crippen LogP contribution in [0.1, 0.15) is 51.9 Å². The lowest BCUT2D eigenvalue weighted by atomic mass is 9.94. The molecule has 0 spiro atoms. The van der Waals surface area contributed by atoms with E-state index in [9.17, 15) is 14.7 Å². The topological polar surface area (TPSA) is 92.4 Å². The molecule has 0 saturated heterocycles. The van der Waals surface area contributed by atoms with Gasteiger partial charge in [0.25, 0.3) is 0 Å². The number of nitrogens with one attached hydrogen (secondary N) is 1. The quantitative estimate of drug-likeness (QED) is 0.646. The van der Waals surface area contributed by atoms with Crippen molar-refractivity contribution in [3.05, 3.63) is 0 Å². The molecule has 5 nitrogen and oxygen atoms in total. The van der Waals surface area contributed by atoms with Gasteiger partial charge in [-0.2, -0.15) is 0 Å². The van der Waals surface area contributed by atoms with Crippen LogP contribution in [0.2, 0.25) is 0 Å². The number of carboxylic acids is 1. The first kappa shape index (κ1) is 15.0. The Balaban J connectivity index is 2.49. The van der Waals surface area contributed by atoms with Gasteiger partial charge in [-0.25, -0.2) is 0 Å². The maximum absolute atomic E-state index is 11.7. The number of aliphatic carboxylic acids is 1. The van der Waals surface area contributed by atoms with Crippen molar-refractivity contribution in [3.8, 4) is 0 Å². The Morgan fingerprint density at radius 2 is 2.00 bits per heavy atom. The summed E-state index contributed by atoms with van der Waals surface area (Å²) in [5, 5.41) is 12.1. The number of carbonyl (C=O) groups is 2. The Morgan fingerprint density at radius 1 is 1.33 bits per heavy atom. The van der Waals surface area contributed by atoms with Crippen LogP contribution in [0.3, 0.4) is 0 Å². The van der Waals surface area contributed by atoms with Gasteiger partial charge in [0.15, 0.2) is 0 Å². The lowest BCUT2D eigenvalue weighted by Gasteiger charge is -2.23. The van der Waals surface area contributed by atoms with E-state index in [2.05, 4.69) is 5.32 Å². The highest BCUT2D eigenvalue weighted by molar-refractivity contribution is 5.78. The third kappa shape index (κ3) is 5.04. The van der Waals surface area contributed by atoms with E-state index in [1.54, 1.807) is 0 Å². The fraction of sp³-hybridized carbons (Fsp3) is 0.846. The fourth-order valence-electron chi connectivity index (χ4n) is 2.41. The van der Waals surface area contributed by atoms with Gasteiger partial charge in [0.1, 0.15) is 0 Å². The molecule has 0 aliphatic heterocycles. The van der Waals surface area contributed by atoms with Crippen LogP contribution in [0.4, 0.5) is 0 Å². The molecule has 4 N–H and O–H groups in total. The minimum Gasteiger partial charge on any atom is -0.481 e. The van der Waals surface area contributed by atoms with Crippen LogP contribution in [0.15, 0.2) is 0 Å². The molecular formula is C13H24N2O3. The van der Waals surface area contributed by atoms with E-state index in [1.165, 1.54) is 0 Å². The zero-order valence-corrected chi connectivity index (χ0v) is 11.0. The highest BCUT2D eigenvalue weighted by Crippen LogP contribution is 2.23. The first-order valence-electron chi connectivity index (χ1n) is 6.78. The third-order valence-electron chi connectivity index (χ3n) is 3.51. The molecule has 104 valence electrons. The molecule has 5 heteroatoms. The average Bonchev–Trinajstić information content (AvgIpc) is 2.51. The molecule has 1 fully saturated rings. The molecule has 0 aromatic rings. The van der Waals surface area contributed by atoms with Gasteiger partial charge in [-0.1, -0.05) is 19.3 Å². The van der Waals surface area contributed by atoms with E-state index in [-0.39, 0.29) is 18.0 Å². The van der Waals surface area contributed by atoms with Gasteiger partial charge >= 0.3 is 5.97 Å². The van der Waals surface area contributed by atoms with Crippen LogP contribution >= 0.6 is 0 Å². The Hall–Kier alpha value is -1.10. The van der Waals surface area contributed by atoms with Gasteiger partial charge < -0.3 is 16.2 Å². The van der Waals surface area contributed by atoms with E-state index in [0.29, 0.717) is 19.3 Å². The smallest absolute Gasteiger partial charge is 0.308 e. The zero-order chi connectivity index (χ0) is 13.5. The number of hydrogen-bond donors (Lipinski definition) is 3. The van der Waals surface area contributed by atoms with Gasteiger partial charge in [-0.15, -0.1) is 0 Å². The molecule has 18 heavy (non-hydrogen) atoms. The molecule has 1 saturated carbocycles. The lowest BCUT2D eigenvalue weighted by molar-refractivity contribution is -0.143. The van der Waals surface area contributed by atoms with Gasteiger partial charge in [-0.05, 0) is 26.2 Å². The molecule has 0 heterocycles. The first-order valence-corrected chi connectivity index (χ1v) is 6.78. The third-order valence-corrected chi connectivity index (χ3v) is 3.51. The van der Waals surface area contributed by atoms with Crippen LogP contribution in [-0.2, 0) is 9.59 Å². The Kier molecular flexibility index (Phi) is 6.12. The number of carboxylic acid groups (broad SMARTS) is 1. The first-order chi connectivity index (χ1) is 8.50. The van der Waals surface area contributed by atoms with Crippen LogP contribution in [0.5, 0.6) is 0 Å². The van der Waals surface area contributed by atoms with Crippen LogP contribution < -0.4 is 11.1 Å². The monoisotopic (exact) mass is 256 g/mol. The Morgan fingerprint density at radius 3 is 2.61 bits per heavy atom. The highest BCUT2D eigenvalue weighted by Gasteiger charge is 2.30. The summed E-state index contributed by atoms with van der Waals surface area (Å²) < 4.78 is 0. The van der Waals surface area contributed by atoms with Crippen LogP contribution in [0, 0.1) is 5.92 Å². The number of hydrogen-bond acceptors (Lipinski definition) is 3. The molecule has 0 aromatic heterocycles. The maximum atomic E-state index is 11.7. The van der Waals surface area contributed by atoms with Crippen molar-refractivity contribution in [1.29, 1.82) is 0 Å². The number of nitrogens with two attached hydrogens (primary N) is 1. The molecule has 0 bridgehead atoms. The van der Waals surface area contributed by atoms with Gasteiger partial charge in [0.2, 0.25) is 5.91 Å². The van der Waals surface area contributed by atoms with E-state index in [0.717, 1.165) is 25.7 Å². The van der Waals surface area contributed by atoms with Crippen molar-refractivity contribution in [3.63, 3.8) is 0 Å². The Labute approximate surface area is 108 Å². The van der Waals surface area contributed by atoms with Crippen molar-refractivity contribution >= 4 is 11.9 Å². The second-order valence-electron chi connectivity index (χ2n) is 5.27. The minimum atomic E-state index is -0.797. The fourth-order valence-corrected chi connectivity index (χ4v) is 2.41. The van der Waals surface area contributed by atoms with Gasteiger partial charge in [-0.3, -0.25) is 9.59 Å². The summed E-state index contributed by atoms with van der Waals surface area (Å²) in [6, 6.07) is -0.217. The van der Waals surface area contributed by atoms with E-state index in [4.69, 9.17) is 5.73 Å². The predicted molar refractivity (Wildman–Crippen MR) is 69.0 cm³/mol. The number of rotatable bonds is 5. The second kappa shape index (κ2) is 7.36. The molecule has 1 amide bonds. The second-order valence-corrected chi connectivity index (χ2v) is 5.27. The van der Waals surface area contributed by atoms with Crippen LogP contribution in [0.25, 0.3) is 0 Å². The van der Waals surface area contributed by atoms with Gasteiger partial charge in [0.05, 0.1) is 5.92 Å². The average molecular weight is 256 g/mol. The number of carbonyl (C=O) groups excluding carboxylic acids is 1. The van der Waals surface area contributed by atoms with Crippen molar-refractivity contribution in [2.24, 2.45) is 11.7 Å². The molecule has 0 aromatic carbocycles. The summed E-state index contributed by atoms with van der Waals surface area (Å²) in [6.07, 6.45) is 5.41. The molecule has 3 atom stereocenters. The lowest BCUT2D eigenvalue weighted by Crippen LogP contribution is -2.43. The van der Waals surface area contributed by atoms with E-state index < -0.39 is 11.9 Å². The Bertz CT molecular complexity index is 292. The maximum Gasteiger partial charge on any atom is 0.308 e. The standard InChI is InChI=1S/C13H24N2O3/c1-9(14)7-8-12(16)15-11-6-4-2-3-5-10(11)13(17)18/h9-11H,2-8,14H2,1H3,(H,15,16)(H,17,18). The summed E-state index contributed by atoms with van der Waals surface area (Å²) >= 11 is 0. The summed E-state index contributed by atoms with van der Waals surface area (Å²) in [4.78, 5) is 22.9. The molecule has 0 radical (unpaired) electrons. The molecule has 1 aliphatic rings. The summed E-state index contributed by atoms with van der Waals surface area (Å²) in [5.41, 5.74) is 5.60. The molecule has 1 rings (SSSR count). The summed E-state index contributed by atoms with van der Waals surface area (Å²) in [5.74, 6) is -1.31. The summed E-state index contributed by atoms with van der Waals surface area (Å²) in [6.45, 7) is 1.86. The molecule has 3 unspecified atom stereocenters. The largest absolute Gasteiger partial charge is 0.481 e. The minimum absolute atomic E-state index is 0.000143. The molecular weight excluding hydrogens is 232 g/mol. The molecule has 1 aliphatic carbocycles. The SMILES string of the molecule is CC(N)CCC(=O)NC1CCCCCC1C(=O)O. The number of amides is 1. The van der Waals surface area contributed by atoms with Gasteiger partial charge in [0, 0.05) is 18.5 Å². The predicted octanol–water partition coefficient (Wildman–Crippen LogP) is 1.26. The summed E-state index contributed by atoms with van der Waals surface area (Å²) in [7, 11) is 0.